The zero-order valence-corrected chi connectivity index (χ0v) is 10.1. The lowest BCUT2D eigenvalue weighted by atomic mass is 10.0. The van der Waals surface area contributed by atoms with Crippen LogP contribution in [0.3, 0.4) is 0 Å². The molecule has 0 radical (unpaired) electrons. The molecule has 1 unspecified atom stereocenters. The molecule has 0 aromatic rings. The first-order chi connectivity index (χ1) is 5.95. The van der Waals surface area contributed by atoms with Crippen molar-refractivity contribution in [2.24, 2.45) is 0 Å². The summed E-state index contributed by atoms with van der Waals surface area (Å²) in [6.45, 7) is 11.2. The van der Waals surface area contributed by atoms with E-state index in [1.807, 2.05) is 0 Å². The highest BCUT2D eigenvalue weighted by atomic mass is 15.0. The first-order valence-corrected chi connectivity index (χ1v) is 5.73. The van der Waals surface area contributed by atoms with Crippen molar-refractivity contribution < 1.29 is 0 Å². The molecule has 0 bridgehead atoms. The van der Waals surface area contributed by atoms with E-state index in [2.05, 4.69) is 39.9 Å². The average Bonchev–Trinajstić information content (AvgIpc) is 1.94. The summed E-state index contributed by atoms with van der Waals surface area (Å²) in [6, 6.07) is 0.664. The van der Waals surface area contributed by atoms with E-state index in [-0.39, 0.29) is 5.54 Å². The van der Waals surface area contributed by atoms with Crippen LogP contribution in [0.5, 0.6) is 0 Å². The summed E-state index contributed by atoms with van der Waals surface area (Å²) in [7, 11) is 0. The summed E-state index contributed by atoms with van der Waals surface area (Å²) >= 11 is 0. The van der Waals surface area contributed by atoms with Crippen molar-refractivity contribution in [2.45, 2.75) is 78.3 Å². The number of unbranched alkanes of at least 4 members (excludes halogenated alkanes) is 3. The lowest BCUT2D eigenvalue weighted by molar-refractivity contribution is 0.353. The number of hydrogen-bond acceptors (Lipinski definition) is 1. The minimum Gasteiger partial charge on any atom is -0.310 e. The van der Waals surface area contributed by atoms with Crippen molar-refractivity contribution in [3.8, 4) is 0 Å². The molecule has 0 aliphatic rings. The molecule has 0 aromatic carbocycles. The Morgan fingerprint density at radius 2 is 1.69 bits per heavy atom. The number of hydrogen-bond donors (Lipinski definition) is 1. The maximum absolute atomic E-state index is 3.60. The molecule has 1 heteroatoms. The van der Waals surface area contributed by atoms with Crippen molar-refractivity contribution in [3.05, 3.63) is 0 Å². The monoisotopic (exact) mass is 185 g/mol. The van der Waals surface area contributed by atoms with Gasteiger partial charge >= 0.3 is 0 Å². The van der Waals surface area contributed by atoms with Crippen LogP contribution in [0, 0.1) is 0 Å². The van der Waals surface area contributed by atoms with E-state index in [1.165, 1.54) is 32.1 Å². The maximum Gasteiger partial charge on any atom is 0.00989 e. The van der Waals surface area contributed by atoms with Gasteiger partial charge in [-0.2, -0.15) is 0 Å². The molecule has 0 aromatic heterocycles. The minimum absolute atomic E-state index is 0.268. The predicted molar refractivity (Wildman–Crippen MR) is 61.1 cm³/mol. The van der Waals surface area contributed by atoms with Crippen LogP contribution in [0.25, 0.3) is 0 Å². The highest BCUT2D eigenvalue weighted by molar-refractivity contribution is 4.74. The Bertz CT molecular complexity index is 113. The van der Waals surface area contributed by atoms with Gasteiger partial charge in [0.2, 0.25) is 0 Å². The second-order valence-corrected chi connectivity index (χ2v) is 5.14. The summed E-state index contributed by atoms with van der Waals surface area (Å²) in [4.78, 5) is 0. The normalized spacial score (nSPS) is 14.5. The lowest BCUT2D eigenvalue weighted by Gasteiger charge is -2.26. The summed E-state index contributed by atoms with van der Waals surface area (Å²) in [5.41, 5.74) is 0.268. The largest absolute Gasteiger partial charge is 0.310 e. The molecule has 1 nitrogen and oxygen atoms in total. The Hall–Kier alpha value is -0.0400. The van der Waals surface area contributed by atoms with Crippen LogP contribution in [-0.2, 0) is 0 Å². The van der Waals surface area contributed by atoms with Crippen LogP contribution in [0.1, 0.15) is 66.7 Å². The van der Waals surface area contributed by atoms with Gasteiger partial charge in [0.25, 0.3) is 0 Å². The molecule has 0 saturated heterocycles. The first kappa shape index (κ1) is 13.0. The molecule has 0 saturated carbocycles. The minimum atomic E-state index is 0.268. The zero-order valence-electron chi connectivity index (χ0n) is 10.1. The molecule has 1 atom stereocenters. The molecule has 13 heavy (non-hydrogen) atoms. The van der Waals surface area contributed by atoms with Gasteiger partial charge in [-0.25, -0.2) is 0 Å². The fourth-order valence-corrected chi connectivity index (χ4v) is 1.69. The van der Waals surface area contributed by atoms with Gasteiger partial charge in [0.15, 0.2) is 0 Å². The summed E-state index contributed by atoms with van der Waals surface area (Å²) in [5.74, 6) is 0. The fraction of sp³-hybridized carbons (Fsp3) is 1.00. The van der Waals surface area contributed by atoms with Crippen molar-refractivity contribution in [3.63, 3.8) is 0 Å². The van der Waals surface area contributed by atoms with Gasteiger partial charge < -0.3 is 5.32 Å². The Morgan fingerprint density at radius 1 is 1.08 bits per heavy atom. The SMILES string of the molecule is CCCCCCC(C)NC(C)(C)C. The third kappa shape index (κ3) is 9.88. The van der Waals surface area contributed by atoms with E-state index in [1.54, 1.807) is 0 Å². The highest BCUT2D eigenvalue weighted by Gasteiger charge is 2.12. The molecule has 0 rings (SSSR count). The standard InChI is InChI=1S/C12H27N/c1-6-7-8-9-10-11(2)13-12(3,4)5/h11,13H,6-10H2,1-5H3. The smallest absolute Gasteiger partial charge is 0.00989 e. The summed E-state index contributed by atoms with van der Waals surface area (Å²) in [5, 5.41) is 3.60. The molecule has 1 N–H and O–H groups in total. The zero-order chi connectivity index (χ0) is 10.3. The molecule has 0 fully saturated rings. The number of rotatable bonds is 6. The molecular formula is C12H27N. The third-order valence-electron chi connectivity index (χ3n) is 2.17. The van der Waals surface area contributed by atoms with Crippen molar-refractivity contribution in [1.82, 2.24) is 5.32 Å². The van der Waals surface area contributed by atoms with Gasteiger partial charge in [-0.1, -0.05) is 32.6 Å². The van der Waals surface area contributed by atoms with E-state index in [0.717, 1.165) is 0 Å². The topological polar surface area (TPSA) is 12.0 Å². The Balaban J connectivity index is 3.35. The quantitative estimate of drug-likeness (QED) is 0.622. The molecule has 80 valence electrons. The van der Waals surface area contributed by atoms with Crippen molar-refractivity contribution in [1.29, 1.82) is 0 Å². The predicted octanol–water partition coefficient (Wildman–Crippen LogP) is 3.73. The van der Waals surface area contributed by atoms with E-state index in [4.69, 9.17) is 0 Å². The van der Waals surface area contributed by atoms with Gasteiger partial charge in [-0.15, -0.1) is 0 Å². The maximum atomic E-state index is 3.60. The van der Waals surface area contributed by atoms with Crippen LogP contribution in [-0.4, -0.2) is 11.6 Å². The number of nitrogens with one attached hydrogen (secondary N) is 1. The Morgan fingerprint density at radius 3 is 2.15 bits per heavy atom. The Labute approximate surface area is 84.3 Å². The second-order valence-electron chi connectivity index (χ2n) is 5.14. The third-order valence-corrected chi connectivity index (χ3v) is 2.17. The molecule has 0 heterocycles. The first-order valence-electron chi connectivity index (χ1n) is 5.73. The molecule has 0 aliphatic heterocycles. The van der Waals surface area contributed by atoms with Gasteiger partial charge in [-0.05, 0) is 34.1 Å². The van der Waals surface area contributed by atoms with Crippen LogP contribution in [0.15, 0.2) is 0 Å². The second kappa shape index (κ2) is 6.42. The molecular weight excluding hydrogens is 158 g/mol. The van der Waals surface area contributed by atoms with Crippen LogP contribution >= 0.6 is 0 Å². The van der Waals surface area contributed by atoms with Gasteiger partial charge in [0, 0.05) is 11.6 Å². The lowest BCUT2D eigenvalue weighted by Crippen LogP contribution is -2.42. The Kier molecular flexibility index (Phi) is 6.40. The van der Waals surface area contributed by atoms with Gasteiger partial charge in [0.1, 0.15) is 0 Å². The van der Waals surface area contributed by atoms with Crippen LogP contribution in [0.2, 0.25) is 0 Å². The van der Waals surface area contributed by atoms with Crippen LogP contribution in [0.4, 0.5) is 0 Å². The molecule has 0 aliphatic carbocycles. The van der Waals surface area contributed by atoms with E-state index in [0.29, 0.717) is 6.04 Å². The average molecular weight is 185 g/mol. The molecule has 0 spiro atoms. The van der Waals surface area contributed by atoms with Gasteiger partial charge in [0.05, 0.1) is 0 Å². The van der Waals surface area contributed by atoms with Crippen LogP contribution < -0.4 is 5.32 Å². The highest BCUT2D eigenvalue weighted by Crippen LogP contribution is 2.08. The van der Waals surface area contributed by atoms with Crippen molar-refractivity contribution in [2.75, 3.05) is 0 Å². The van der Waals surface area contributed by atoms with Gasteiger partial charge in [-0.3, -0.25) is 0 Å². The fourth-order valence-electron chi connectivity index (χ4n) is 1.69. The summed E-state index contributed by atoms with van der Waals surface area (Å²) in [6.07, 6.45) is 6.81. The van der Waals surface area contributed by atoms with E-state index < -0.39 is 0 Å². The van der Waals surface area contributed by atoms with E-state index in [9.17, 15) is 0 Å². The molecule has 0 amide bonds. The summed E-state index contributed by atoms with van der Waals surface area (Å²) < 4.78 is 0. The van der Waals surface area contributed by atoms with E-state index >= 15 is 0 Å². The van der Waals surface area contributed by atoms with Crippen molar-refractivity contribution >= 4 is 0 Å².